The summed E-state index contributed by atoms with van der Waals surface area (Å²) in [5.41, 5.74) is 1.62. The highest BCUT2D eigenvalue weighted by molar-refractivity contribution is 6.31. The van der Waals surface area contributed by atoms with Crippen LogP contribution in [-0.4, -0.2) is 25.0 Å². The number of ether oxygens (including phenoxy) is 2. The Labute approximate surface area is 134 Å². The number of halogens is 1. The van der Waals surface area contributed by atoms with E-state index in [1.165, 1.54) is 0 Å². The summed E-state index contributed by atoms with van der Waals surface area (Å²) >= 11 is 6.23. The van der Waals surface area contributed by atoms with E-state index in [1.54, 1.807) is 19.2 Å². The quantitative estimate of drug-likeness (QED) is 0.785. The van der Waals surface area contributed by atoms with Crippen LogP contribution in [0.2, 0.25) is 5.02 Å². The SMILES string of the molecule is COCOc1cccc(C(CC(=O)O)c2ccccc2Cl)c1. The number of carbonyl (C=O) groups is 1. The van der Waals surface area contributed by atoms with Crippen molar-refractivity contribution in [2.45, 2.75) is 12.3 Å². The van der Waals surface area contributed by atoms with Gasteiger partial charge < -0.3 is 14.6 Å². The Bertz CT molecular complexity index is 642. The zero-order chi connectivity index (χ0) is 15.9. The molecule has 0 saturated heterocycles. The van der Waals surface area contributed by atoms with Gasteiger partial charge in [0.05, 0.1) is 6.42 Å². The molecular weight excluding hydrogens is 304 g/mol. The highest BCUT2D eigenvalue weighted by Crippen LogP contribution is 2.34. The fourth-order valence-corrected chi connectivity index (χ4v) is 2.56. The third-order valence-corrected chi connectivity index (χ3v) is 3.61. The molecule has 1 atom stereocenters. The maximum atomic E-state index is 11.2. The van der Waals surface area contributed by atoms with E-state index in [2.05, 4.69) is 0 Å². The van der Waals surface area contributed by atoms with E-state index >= 15 is 0 Å². The van der Waals surface area contributed by atoms with Gasteiger partial charge in [-0.3, -0.25) is 4.79 Å². The summed E-state index contributed by atoms with van der Waals surface area (Å²) in [4.78, 5) is 11.2. The summed E-state index contributed by atoms with van der Waals surface area (Å²) in [7, 11) is 1.54. The lowest BCUT2D eigenvalue weighted by molar-refractivity contribution is -0.137. The number of rotatable bonds is 7. The standard InChI is InChI=1S/C17H17ClO4/c1-21-11-22-13-6-4-5-12(9-13)15(10-17(19)20)14-7-2-3-8-16(14)18/h2-9,15H,10-11H2,1H3,(H,19,20). The molecule has 0 fully saturated rings. The molecule has 5 heteroatoms. The maximum absolute atomic E-state index is 11.2. The Balaban J connectivity index is 2.37. The van der Waals surface area contributed by atoms with Crippen molar-refractivity contribution < 1.29 is 19.4 Å². The fourth-order valence-electron chi connectivity index (χ4n) is 2.29. The third kappa shape index (κ3) is 4.23. The maximum Gasteiger partial charge on any atom is 0.304 e. The zero-order valence-corrected chi connectivity index (χ0v) is 12.9. The van der Waals surface area contributed by atoms with Crippen LogP contribution in [0.3, 0.4) is 0 Å². The first-order chi connectivity index (χ1) is 10.6. The molecule has 0 aromatic heterocycles. The largest absolute Gasteiger partial charge is 0.481 e. The van der Waals surface area contributed by atoms with Gasteiger partial charge in [-0.15, -0.1) is 0 Å². The van der Waals surface area contributed by atoms with Gasteiger partial charge in [0.2, 0.25) is 0 Å². The topological polar surface area (TPSA) is 55.8 Å². The first-order valence-electron chi connectivity index (χ1n) is 6.79. The molecule has 0 aliphatic rings. The van der Waals surface area contributed by atoms with Crippen LogP contribution in [0.25, 0.3) is 0 Å². The Morgan fingerprint density at radius 3 is 2.68 bits per heavy atom. The number of aliphatic carboxylic acids is 1. The Morgan fingerprint density at radius 2 is 2.00 bits per heavy atom. The summed E-state index contributed by atoms with van der Waals surface area (Å²) in [6.45, 7) is 0.138. The lowest BCUT2D eigenvalue weighted by Gasteiger charge is -2.18. The molecule has 2 aromatic carbocycles. The zero-order valence-electron chi connectivity index (χ0n) is 12.2. The number of carboxylic acids is 1. The van der Waals surface area contributed by atoms with Gasteiger partial charge in [-0.25, -0.2) is 0 Å². The summed E-state index contributed by atoms with van der Waals surface area (Å²) in [5, 5.41) is 9.77. The highest BCUT2D eigenvalue weighted by atomic mass is 35.5. The van der Waals surface area contributed by atoms with Crippen LogP contribution in [0.1, 0.15) is 23.5 Å². The van der Waals surface area contributed by atoms with Crippen molar-refractivity contribution in [1.29, 1.82) is 0 Å². The van der Waals surface area contributed by atoms with Crippen molar-refractivity contribution >= 4 is 17.6 Å². The summed E-state index contributed by atoms with van der Waals surface area (Å²) in [5.74, 6) is -0.591. The van der Waals surface area contributed by atoms with E-state index in [9.17, 15) is 9.90 Å². The number of benzene rings is 2. The van der Waals surface area contributed by atoms with Crippen molar-refractivity contribution in [2.24, 2.45) is 0 Å². The van der Waals surface area contributed by atoms with E-state index in [0.717, 1.165) is 11.1 Å². The normalized spacial score (nSPS) is 11.9. The van der Waals surface area contributed by atoms with Gasteiger partial charge in [0.25, 0.3) is 0 Å². The minimum Gasteiger partial charge on any atom is -0.481 e. The van der Waals surface area contributed by atoms with E-state index in [-0.39, 0.29) is 19.1 Å². The molecule has 0 aliphatic heterocycles. The van der Waals surface area contributed by atoms with Crippen molar-refractivity contribution in [3.63, 3.8) is 0 Å². The Kier molecular flexibility index (Phi) is 5.81. The first kappa shape index (κ1) is 16.3. The molecule has 1 N–H and O–H groups in total. The Hall–Kier alpha value is -2.04. The Morgan fingerprint density at radius 1 is 1.23 bits per heavy atom. The monoisotopic (exact) mass is 320 g/mol. The number of methoxy groups -OCH3 is 1. The smallest absolute Gasteiger partial charge is 0.304 e. The van der Waals surface area contributed by atoms with Gasteiger partial charge in [-0.2, -0.15) is 0 Å². The van der Waals surface area contributed by atoms with Gasteiger partial charge >= 0.3 is 5.97 Å². The van der Waals surface area contributed by atoms with Crippen LogP contribution in [0.15, 0.2) is 48.5 Å². The van der Waals surface area contributed by atoms with Gasteiger partial charge in [0, 0.05) is 18.1 Å². The van der Waals surface area contributed by atoms with Crippen molar-refractivity contribution in [2.75, 3.05) is 13.9 Å². The van der Waals surface area contributed by atoms with Crippen LogP contribution in [0.5, 0.6) is 5.75 Å². The molecule has 0 heterocycles. The molecule has 0 amide bonds. The molecule has 4 nitrogen and oxygen atoms in total. The minimum absolute atomic E-state index is 0.0442. The van der Waals surface area contributed by atoms with Crippen LogP contribution in [0.4, 0.5) is 0 Å². The number of hydrogen-bond acceptors (Lipinski definition) is 3. The predicted molar refractivity (Wildman–Crippen MR) is 84.5 cm³/mol. The molecule has 0 saturated carbocycles. The number of carboxylic acid groups (broad SMARTS) is 1. The highest BCUT2D eigenvalue weighted by Gasteiger charge is 2.20. The van der Waals surface area contributed by atoms with Gasteiger partial charge in [-0.1, -0.05) is 41.9 Å². The lowest BCUT2D eigenvalue weighted by atomic mass is 9.88. The van der Waals surface area contributed by atoms with Gasteiger partial charge in [0.1, 0.15) is 5.75 Å². The molecule has 0 spiro atoms. The van der Waals surface area contributed by atoms with Crippen LogP contribution < -0.4 is 4.74 Å². The predicted octanol–water partition coefficient (Wildman–Crippen LogP) is 3.93. The fraction of sp³-hybridized carbons (Fsp3) is 0.235. The molecular formula is C17H17ClO4. The average Bonchev–Trinajstić information content (AvgIpc) is 2.51. The second-order valence-electron chi connectivity index (χ2n) is 4.80. The number of hydrogen-bond donors (Lipinski definition) is 1. The minimum atomic E-state index is -0.881. The van der Waals surface area contributed by atoms with Crippen LogP contribution in [-0.2, 0) is 9.53 Å². The summed E-state index contributed by atoms with van der Waals surface area (Å²) in [6, 6.07) is 14.6. The molecule has 2 aromatic rings. The van der Waals surface area contributed by atoms with E-state index in [4.69, 9.17) is 21.1 Å². The third-order valence-electron chi connectivity index (χ3n) is 3.26. The van der Waals surface area contributed by atoms with Crippen molar-refractivity contribution in [1.82, 2.24) is 0 Å². The van der Waals surface area contributed by atoms with E-state index in [0.29, 0.717) is 10.8 Å². The van der Waals surface area contributed by atoms with Crippen molar-refractivity contribution in [3.8, 4) is 5.75 Å². The molecule has 116 valence electrons. The molecule has 1 unspecified atom stereocenters. The average molecular weight is 321 g/mol. The molecule has 2 rings (SSSR count). The van der Waals surface area contributed by atoms with Crippen molar-refractivity contribution in [3.05, 3.63) is 64.7 Å². The lowest BCUT2D eigenvalue weighted by Crippen LogP contribution is -2.09. The van der Waals surface area contributed by atoms with Gasteiger partial charge in [-0.05, 0) is 29.3 Å². The van der Waals surface area contributed by atoms with E-state index in [1.807, 2.05) is 36.4 Å². The summed E-state index contributed by atoms with van der Waals surface area (Å²) < 4.78 is 10.3. The van der Waals surface area contributed by atoms with Gasteiger partial charge in [0.15, 0.2) is 6.79 Å². The second-order valence-corrected chi connectivity index (χ2v) is 5.20. The molecule has 0 bridgehead atoms. The van der Waals surface area contributed by atoms with Crippen LogP contribution in [0, 0.1) is 0 Å². The first-order valence-corrected chi connectivity index (χ1v) is 7.17. The van der Waals surface area contributed by atoms with E-state index < -0.39 is 5.97 Å². The molecule has 0 radical (unpaired) electrons. The molecule has 22 heavy (non-hydrogen) atoms. The summed E-state index contributed by atoms with van der Waals surface area (Å²) in [6.07, 6.45) is -0.0442. The second kappa shape index (κ2) is 7.82. The van der Waals surface area contributed by atoms with Crippen LogP contribution >= 0.6 is 11.6 Å². The molecule has 0 aliphatic carbocycles.